The molecular formula is C12H20F2. The van der Waals surface area contributed by atoms with Gasteiger partial charge in [-0.15, -0.1) is 0 Å². The summed E-state index contributed by atoms with van der Waals surface area (Å²) in [6.45, 7) is -0.604. The Bertz CT molecular complexity index is 175. The molecule has 14 heavy (non-hydrogen) atoms. The Kier molecular flexibility index (Phi) is 3.40. The lowest BCUT2D eigenvalue weighted by atomic mass is 9.62. The minimum atomic E-state index is -0.308. The number of halogens is 2. The summed E-state index contributed by atoms with van der Waals surface area (Å²) < 4.78 is 25.6. The lowest BCUT2D eigenvalue weighted by Crippen LogP contribution is -2.38. The molecule has 0 aromatic heterocycles. The van der Waals surface area contributed by atoms with Gasteiger partial charge < -0.3 is 0 Å². The van der Waals surface area contributed by atoms with Crippen molar-refractivity contribution in [3.63, 3.8) is 0 Å². The third-order valence-electron chi connectivity index (χ3n) is 4.41. The van der Waals surface area contributed by atoms with Crippen molar-refractivity contribution in [2.75, 3.05) is 13.3 Å². The molecule has 0 heterocycles. The molecule has 2 saturated carbocycles. The maximum Gasteiger partial charge on any atom is 0.0928 e. The molecule has 0 N–H and O–H groups in total. The molecule has 2 heteroatoms. The highest BCUT2D eigenvalue weighted by molar-refractivity contribution is 4.89. The van der Waals surface area contributed by atoms with Crippen molar-refractivity contribution >= 4 is 0 Å². The summed E-state index contributed by atoms with van der Waals surface area (Å²) in [6, 6.07) is 0. The van der Waals surface area contributed by atoms with E-state index >= 15 is 0 Å². The van der Waals surface area contributed by atoms with Gasteiger partial charge in [0, 0.05) is 0 Å². The molecule has 0 radical (unpaired) electrons. The van der Waals surface area contributed by atoms with Gasteiger partial charge in [0.1, 0.15) is 0 Å². The van der Waals surface area contributed by atoms with Crippen LogP contribution in [-0.4, -0.2) is 13.3 Å². The molecule has 0 nitrogen and oxygen atoms in total. The van der Waals surface area contributed by atoms with Crippen LogP contribution in [0, 0.1) is 23.7 Å². The second-order valence-corrected chi connectivity index (χ2v) is 5.02. The third kappa shape index (κ3) is 1.80. The lowest BCUT2D eigenvalue weighted by Gasteiger charge is -2.44. The summed E-state index contributed by atoms with van der Waals surface area (Å²) in [4.78, 5) is 0. The van der Waals surface area contributed by atoms with Crippen LogP contribution in [0.1, 0.15) is 38.5 Å². The van der Waals surface area contributed by atoms with Gasteiger partial charge in [0.25, 0.3) is 0 Å². The quantitative estimate of drug-likeness (QED) is 0.639. The highest BCUT2D eigenvalue weighted by Crippen LogP contribution is 2.46. The van der Waals surface area contributed by atoms with Gasteiger partial charge >= 0.3 is 0 Å². The molecular weight excluding hydrogens is 182 g/mol. The van der Waals surface area contributed by atoms with Crippen molar-refractivity contribution in [3.05, 3.63) is 0 Å². The van der Waals surface area contributed by atoms with Crippen molar-refractivity contribution < 1.29 is 8.78 Å². The van der Waals surface area contributed by atoms with E-state index in [0.29, 0.717) is 11.8 Å². The summed E-state index contributed by atoms with van der Waals surface area (Å²) in [5.41, 5.74) is 0. The Hall–Kier alpha value is -0.140. The van der Waals surface area contributed by atoms with Gasteiger partial charge in [-0.3, -0.25) is 8.78 Å². The Morgan fingerprint density at radius 2 is 1.64 bits per heavy atom. The molecule has 0 bridgehead atoms. The van der Waals surface area contributed by atoms with E-state index in [-0.39, 0.29) is 25.2 Å². The first-order valence-corrected chi connectivity index (χ1v) is 5.98. The molecule has 82 valence electrons. The maximum absolute atomic E-state index is 12.9. The summed E-state index contributed by atoms with van der Waals surface area (Å²) in [5.74, 6) is 1.29. The van der Waals surface area contributed by atoms with Crippen LogP contribution in [0.3, 0.4) is 0 Å². The van der Waals surface area contributed by atoms with E-state index in [4.69, 9.17) is 0 Å². The molecule has 0 aromatic carbocycles. The number of hydrogen-bond donors (Lipinski definition) is 0. The van der Waals surface area contributed by atoms with E-state index in [0.717, 1.165) is 19.3 Å². The second-order valence-electron chi connectivity index (χ2n) is 5.02. The monoisotopic (exact) mass is 202 g/mol. The van der Waals surface area contributed by atoms with Gasteiger partial charge in [0.2, 0.25) is 0 Å². The van der Waals surface area contributed by atoms with Gasteiger partial charge in [-0.25, -0.2) is 0 Å². The number of alkyl halides is 2. The molecule has 0 amide bonds. The van der Waals surface area contributed by atoms with Crippen molar-refractivity contribution in [1.82, 2.24) is 0 Å². The fraction of sp³-hybridized carbons (Fsp3) is 1.00. The Morgan fingerprint density at radius 3 is 2.36 bits per heavy atom. The van der Waals surface area contributed by atoms with Crippen LogP contribution in [0.5, 0.6) is 0 Å². The Labute approximate surface area is 85.1 Å². The standard InChI is InChI=1S/C12H20F2/c13-7-10-6-5-9-3-1-2-4-11(9)12(10)8-14/h9-12H,1-8H2. The first-order valence-electron chi connectivity index (χ1n) is 5.98. The smallest absolute Gasteiger partial charge is 0.0928 e. The summed E-state index contributed by atoms with van der Waals surface area (Å²) >= 11 is 0. The highest BCUT2D eigenvalue weighted by Gasteiger charge is 2.40. The predicted octanol–water partition coefficient (Wildman–Crippen LogP) is 3.76. The molecule has 0 aliphatic heterocycles. The molecule has 2 aliphatic carbocycles. The van der Waals surface area contributed by atoms with Crippen LogP contribution in [-0.2, 0) is 0 Å². The fourth-order valence-electron chi connectivity index (χ4n) is 3.58. The largest absolute Gasteiger partial charge is 0.251 e. The number of fused-ring (bicyclic) bond motifs is 1. The fourth-order valence-corrected chi connectivity index (χ4v) is 3.58. The molecule has 4 atom stereocenters. The van der Waals surface area contributed by atoms with E-state index in [2.05, 4.69) is 0 Å². The van der Waals surface area contributed by atoms with Crippen molar-refractivity contribution in [1.29, 1.82) is 0 Å². The Morgan fingerprint density at radius 1 is 0.857 bits per heavy atom. The van der Waals surface area contributed by atoms with E-state index in [1.165, 1.54) is 19.3 Å². The number of hydrogen-bond acceptors (Lipinski definition) is 0. The van der Waals surface area contributed by atoms with Crippen LogP contribution >= 0.6 is 0 Å². The second kappa shape index (κ2) is 4.59. The molecule has 2 rings (SSSR count). The highest BCUT2D eigenvalue weighted by atomic mass is 19.1. The third-order valence-corrected chi connectivity index (χ3v) is 4.41. The normalized spacial score (nSPS) is 43.3. The molecule has 0 spiro atoms. The zero-order valence-electron chi connectivity index (χ0n) is 8.72. The molecule has 2 fully saturated rings. The van der Waals surface area contributed by atoms with Crippen molar-refractivity contribution in [2.45, 2.75) is 38.5 Å². The zero-order valence-corrected chi connectivity index (χ0v) is 8.72. The van der Waals surface area contributed by atoms with Crippen molar-refractivity contribution in [2.24, 2.45) is 23.7 Å². The maximum atomic E-state index is 12.9. The van der Waals surface area contributed by atoms with E-state index in [1.807, 2.05) is 0 Å². The van der Waals surface area contributed by atoms with Crippen LogP contribution in [0.25, 0.3) is 0 Å². The van der Waals surface area contributed by atoms with Gasteiger partial charge in [0.15, 0.2) is 0 Å². The predicted molar refractivity (Wildman–Crippen MR) is 53.6 cm³/mol. The average Bonchev–Trinajstić information content (AvgIpc) is 2.27. The average molecular weight is 202 g/mol. The van der Waals surface area contributed by atoms with E-state index in [9.17, 15) is 8.78 Å². The molecule has 2 aliphatic rings. The van der Waals surface area contributed by atoms with E-state index < -0.39 is 0 Å². The summed E-state index contributed by atoms with van der Waals surface area (Å²) in [7, 11) is 0. The van der Waals surface area contributed by atoms with Gasteiger partial charge in [-0.1, -0.05) is 19.3 Å². The molecule has 4 unspecified atom stereocenters. The number of rotatable bonds is 2. The van der Waals surface area contributed by atoms with Crippen LogP contribution in [0.15, 0.2) is 0 Å². The van der Waals surface area contributed by atoms with Crippen molar-refractivity contribution in [3.8, 4) is 0 Å². The van der Waals surface area contributed by atoms with Gasteiger partial charge in [0.05, 0.1) is 13.3 Å². The van der Waals surface area contributed by atoms with Crippen LogP contribution in [0.2, 0.25) is 0 Å². The van der Waals surface area contributed by atoms with Gasteiger partial charge in [-0.05, 0) is 42.9 Å². The van der Waals surface area contributed by atoms with E-state index in [1.54, 1.807) is 0 Å². The van der Waals surface area contributed by atoms with Crippen LogP contribution in [0.4, 0.5) is 8.78 Å². The summed E-state index contributed by atoms with van der Waals surface area (Å²) in [5, 5.41) is 0. The van der Waals surface area contributed by atoms with Crippen LogP contribution < -0.4 is 0 Å². The molecule has 0 aromatic rings. The first-order chi connectivity index (χ1) is 6.86. The minimum absolute atomic E-state index is 0.0272. The lowest BCUT2D eigenvalue weighted by molar-refractivity contribution is 0.0278. The zero-order chi connectivity index (χ0) is 9.97. The first kappa shape index (κ1) is 10.4. The molecule has 0 saturated heterocycles. The Balaban J connectivity index is 2.04. The van der Waals surface area contributed by atoms with Gasteiger partial charge in [-0.2, -0.15) is 0 Å². The topological polar surface area (TPSA) is 0 Å². The summed E-state index contributed by atoms with van der Waals surface area (Å²) in [6.07, 6.45) is 7.02. The minimum Gasteiger partial charge on any atom is -0.251 e. The SMILES string of the molecule is FCC1CCC2CCCCC2C1CF.